The highest BCUT2D eigenvalue weighted by Gasteiger charge is 2.30. The highest BCUT2D eigenvalue weighted by atomic mass is 35.5. The van der Waals surface area contributed by atoms with Crippen LogP contribution in [-0.4, -0.2) is 24.5 Å². The van der Waals surface area contributed by atoms with Crippen molar-refractivity contribution in [2.75, 3.05) is 11.4 Å². The van der Waals surface area contributed by atoms with Gasteiger partial charge in [-0.05, 0) is 31.0 Å². The molecule has 19 heavy (non-hydrogen) atoms. The van der Waals surface area contributed by atoms with Crippen LogP contribution >= 0.6 is 11.6 Å². The van der Waals surface area contributed by atoms with Crippen LogP contribution in [0.4, 0.5) is 10.1 Å². The number of carbonyl (C=O) groups is 1. The maximum absolute atomic E-state index is 13.3. The van der Waals surface area contributed by atoms with Crippen molar-refractivity contribution in [1.29, 1.82) is 0 Å². The van der Waals surface area contributed by atoms with Gasteiger partial charge in [0.05, 0.1) is 16.8 Å². The molecule has 0 spiro atoms. The van der Waals surface area contributed by atoms with Crippen LogP contribution in [0.25, 0.3) is 0 Å². The highest BCUT2D eigenvalue weighted by Crippen LogP contribution is 2.29. The minimum atomic E-state index is -0.383. The van der Waals surface area contributed by atoms with Crippen molar-refractivity contribution in [2.24, 2.45) is 0 Å². The van der Waals surface area contributed by atoms with Crippen LogP contribution in [0.1, 0.15) is 26.7 Å². The number of hydrogen-bond acceptors (Lipinski definition) is 2. The predicted molar refractivity (Wildman–Crippen MR) is 75.1 cm³/mol. The number of nitrogens with zero attached hydrogens (tertiary/aromatic N) is 1. The summed E-state index contributed by atoms with van der Waals surface area (Å²) in [6.45, 7) is 4.58. The number of anilines is 1. The summed E-state index contributed by atoms with van der Waals surface area (Å²) >= 11 is 6.07. The zero-order valence-electron chi connectivity index (χ0n) is 11.1. The number of carbonyl (C=O) groups excluding carboxylic acids is 1. The Morgan fingerprint density at radius 1 is 1.47 bits per heavy atom. The van der Waals surface area contributed by atoms with Gasteiger partial charge in [0.15, 0.2) is 0 Å². The molecule has 3 nitrogen and oxygen atoms in total. The van der Waals surface area contributed by atoms with Crippen LogP contribution < -0.4 is 10.2 Å². The average molecular weight is 285 g/mol. The summed E-state index contributed by atoms with van der Waals surface area (Å²) in [5.74, 6) is -0.418. The molecule has 1 saturated heterocycles. The lowest BCUT2D eigenvalue weighted by Gasteiger charge is -2.34. The second-order valence-electron chi connectivity index (χ2n) is 5.10. The number of piperidine rings is 1. The van der Waals surface area contributed by atoms with Crippen LogP contribution in [0, 0.1) is 5.82 Å². The zero-order valence-corrected chi connectivity index (χ0v) is 11.9. The van der Waals surface area contributed by atoms with Crippen LogP contribution in [0.2, 0.25) is 5.02 Å². The van der Waals surface area contributed by atoms with E-state index in [4.69, 9.17) is 11.6 Å². The van der Waals surface area contributed by atoms with Gasteiger partial charge < -0.3 is 10.2 Å². The minimum absolute atomic E-state index is 0.0348. The topological polar surface area (TPSA) is 32.3 Å². The monoisotopic (exact) mass is 284 g/mol. The highest BCUT2D eigenvalue weighted by molar-refractivity contribution is 6.33. The molecule has 1 amide bonds. The van der Waals surface area contributed by atoms with Crippen molar-refractivity contribution in [1.82, 2.24) is 5.32 Å². The van der Waals surface area contributed by atoms with Crippen molar-refractivity contribution in [2.45, 2.75) is 38.8 Å². The molecule has 2 rings (SSSR count). The lowest BCUT2D eigenvalue weighted by molar-refractivity contribution is -0.121. The minimum Gasteiger partial charge on any atom is -0.309 e. The third-order valence-corrected chi connectivity index (χ3v) is 3.49. The maximum Gasteiger partial charge on any atom is 0.244 e. The number of rotatable bonds is 3. The molecule has 1 aliphatic rings. The average Bonchev–Trinajstić information content (AvgIpc) is 2.35. The first-order chi connectivity index (χ1) is 8.99. The summed E-state index contributed by atoms with van der Waals surface area (Å²) in [4.78, 5) is 14.0. The second kappa shape index (κ2) is 5.88. The number of halogens is 2. The van der Waals surface area contributed by atoms with Crippen molar-refractivity contribution in [3.63, 3.8) is 0 Å². The molecule has 1 unspecified atom stereocenters. The summed E-state index contributed by atoms with van der Waals surface area (Å²) in [6.07, 6.45) is 1.68. The molecule has 1 N–H and O–H groups in total. The Hall–Kier alpha value is -1.13. The van der Waals surface area contributed by atoms with Gasteiger partial charge in [0.1, 0.15) is 5.82 Å². The molecule has 1 fully saturated rings. The fraction of sp³-hybridized carbons (Fsp3) is 0.500. The van der Waals surface area contributed by atoms with Crippen LogP contribution in [-0.2, 0) is 4.79 Å². The molecule has 1 aromatic rings. The number of hydrogen-bond donors (Lipinski definition) is 1. The standard InChI is InChI=1S/C14H18ClFN2O/c1-9(2)17-12-4-3-7-18(14(12)19)13-8-10(16)5-6-11(13)15/h5-6,8-9,12,17H,3-4,7H2,1-2H3. The maximum atomic E-state index is 13.3. The molecule has 104 valence electrons. The predicted octanol–water partition coefficient (Wildman–Crippen LogP) is 2.97. The fourth-order valence-corrected chi connectivity index (χ4v) is 2.58. The van der Waals surface area contributed by atoms with Gasteiger partial charge in [0.25, 0.3) is 0 Å². The van der Waals surface area contributed by atoms with Gasteiger partial charge in [0.2, 0.25) is 5.91 Å². The van der Waals surface area contributed by atoms with Gasteiger partial charge in [-0.3, -0.25) is 4.79 Å². The van der Waals surface area contributed by atoms with Crippen molar-refractivity contribution in [3.8, 4) is 0 Å². The second-order valence-corrected chi connectivity index (χ2v) is 5.51. The van der Waals surface area contributed by atoms with Gasteiger partial charge in [-0.2, -0.15) is 0 Å². The zero-order chi connectivity index (χ0) is 14.0. The number of benzene rings is 1. The lowest BCUT2D eigenvalue weighted by atomic mass is 10.0. The Morgan fingerprint density at radius 2 is 2.21 bits per heavy atom. The van der Waals surface area contributed by atoms with Gasteiger partial charge in [-0.15, -0.1) is 0 Å². The smallest absolute Gasteiger partial charge is 0.244 e. The van der Waals surface area contributed by atoms with E-state index in [0.29, 0.717) is 17.3 Å². The summed E-state index contributed by atoms with van der Waals surface area (Å²) in [5, 5.41) is 3.64. The van der Waals surface area contributed by atoms with Gasteiger partial charge in [-0.25, -0.2) is 4.39 Å². The Bertz CT molecular complexity index is 479. The van der Waals surface area contributed by atoms with E-state index in [1.807, 2.05) is 13.8 Å². The molecule has 5 heteroatoms. The molecule has 0 aliphatic carbocycles. The SMILES string of the molecule is CC(C)NC1CCCN(c2cc(F)ccc2Cl)C1=O. The third-order valence-electron chi connectivity index (χ3n) is 3.17. The molecule has 1 aromatic carbocycles. The van der Waals surface area contributed by atoms with E-state index in [1.54, 1.807) is 4.90 Å². The normalized spacial score (nSPS) is 20.2. The first kappa shape index (κ1) is 14.3. The summed E-state index contributed by atoms with van der Waals surface area (Å²) in [6, 6.07) is 4.12. The van der Waals surface area contributed by atoms with Gasteiger partial charge in [-0.1, -0.05) is 25.4 Å². The van der Waals surface area contributed by atoms with Crippen LogP contribution in [0.5, 0.6) is 0 Å². The quantitative estimate of drug-likeness (QED) is 0.925. The molecule has 0 radical (unpaired) electrons. The Kier molecular flexibility index (Phi) is 4.42. The van der Waals surface area contributed by atoms with E-state index < -0.39 is 0 Å². The molecular weight excluding hydrogens is 267 g/mol. The van der Waals surface area contributed by atoms with E-state index in [0.717, 1.165) is 12.8 Å². The van der Waals surface area contributed by atoms with E-state index >= 15 is 0 Å². The first-order valence-electron chi connectivity index (χ1n) is 6.51. The number of amides is 1. The van der Waals surface area contributed by atoms with Crippen molar-refractivity contribution in [3.05, 3.63) is 29.0 Å². The largest absolute Gasteiger partial charge is 0.309 e. The molecule has 0 aromatic heterocycles. The fourth-order valence-electron chi connectivity index (χ4n) is 2.36. The summed E-state index contributed by atoms with van der Waals surface area (Å²) < 4.78 is 13.3. The van der Waals surface area contributed by atoms with E-state index in [-0.39, 0.29) is 23.8 Å². The Morgan fingerprint density at radius 3 is 2.89 bits per heavy atom. The van der Waals surface area contributed by atoms with E-state index in [9.17, 15) is 9.18 Å². The van der Waals surface area contributed by atoms with E-state index in [2.05, 4.69) is 5.32 Å². The molecular formula is C14H18ClFN2O. The van der Waals surface area contributed by atoms with Crippen LogP contribution in [0.15, 0.2) is 18.2 Å². The van der Waals surface area contributed by atoms with E-state index in [1.165, 1.54) is 18.2 Å². The van der Waals surface area contributed by atoms with Gasteiger partial charge in [0, 0.05) is 12.6 Å². The first-order valence-corrected chi connectivity index (χ1v) is 6.89. The van der Waals surface area contributed by atoms with Crippen molar-refractivity contribution < 1.29 is 9.18 Å². The molecule has 1 heterocycles. The van der Waals surface area contributed by atoms with Gasteiger partial charge >= 0.3 is 0 Å². The Labute approximate surface area is 117 Å². The molecule has 0 bridgehead atoms. The summed E-state index contributed by atoms with van der Waals surface area (Å²) in [5.41, 5.74) is 0.460. The third kappa shape index (κ3) is 3.25. The number of nitrogens with one attached hydrogen (secondary N) is 1. The van der Waals surface area contributed by atoms with Crippen LogP contribution in [0.3, 0.4) is 0 Å². The molecule has 1 aliphatic heterocycles. The molecule has 0 saturated carbocycles. The molecule has 1 atom stereocenters. The Balaban J connectivity index is 2.24. The lowest BCUT2D eigenvalue weighted by Crippen LogP contribution is -2.52. The summed E-state index contributed by atoms with van der Waals surface area (Å²) in [7, 11) is 0. The van der Waals surface area contributed by atoms with Crippen molar-refractivity contribution >= 4 is 23.2 Å².